The standard InChI is InChI=1S/C38H31Br2N3O6S/c1-4-48-37(45)32-33(25-8-6-5-7-9-25)41-38-42(34(32)26-14-12-24(13-15-26)22(2)3)36(44)31(50-38)19-27-18-28(39)20-30(40)35(27)49-21-23-10-16-29(17-11-23)43(46)47/h5-20,22,34H,4,21H2,1-3H3/b31-19-/t34-/m0/s1. The highest BCUT2D eigenvalue weighted by Crippen LogP contribution is 2.37. The maximum atomic E-state index is 14.5. The molecule has 50 heavy (non-hydrogen) atoms. The molecule has 0 saturated heterocycles. The van der Waals surface area contributed by atoms with E-state index in [0.29, 0.717) is 36.7 Å². The summed E-state index contributed by atoms with van der Waals surface area (Å²) in [6.07, 6.45) is 1.75. The number of halogens is 2. The second-order valence-corrected chi connectivity index (χ2v) is 14.6. The van der Waals surface area contributed by atoms with Crippen molar-refractivity contribution < 1.29 is 19.2 Å². The van der Waals surface area contributed by atoms with Crippen LogP contribution in [0.1, 0.15) is 60.5 Å². The molecule has 0 aliphatic carbocycles. The second-order valence-electron chi connectivity index (χ2n) is 11.8. The van der Waals surface area contributed by atoms with Crippen LogP contribution in [0.4, 0.5) is 5.69 Å². The van der Waals surface area contributed by atoms with Gasteiger partial charge in [-0.3, -0.25) is 19.5 Å². The number of nitrogens with zero attached hydrogens (tertiary/aromatic N) is 3. The van der Waals surface area contributed by atoms with Crippen molar-refractivity contribution in [1.82, 2.24) is 4.57 Å². The zero-order chi connectivity index (χ0) is 35.5. The van der Waals surface area contributed by atoms with Crippen molar-refractivity contribution in [3.05, 3.63) is 163 Å². The lowest BCUT2D eigenvalue weighted by Crippen LogP contribution is -2.40. The van der Waals surface area contributed by atoms with Crippen molar-refractivity contribution in [2.24, 2.45) is 4.99 Å². The van der Waals surface area contributed by atoms with E-state index in [4.69, 9.17) is 14.5 Å². The Morgan fingerprint density at radius 3 is 2.38 bits per heavy atom. The van der Waals surface area contributed by atoms with Gasteiger partial charge in [-0.25, -0.2) is 9.79 Å². The Labute approximate surface area is 308 Å². The molecule has 0 spiro atoms. The first kappa shape index (κ1) is 35.2. The molecule has 1 aromatic heterocycles. The number of esters is 1. The highest BCUT2D eigenvalue weighted by atomic mass is 79.9. The number of benzene rings is 4. The zero-order valence-electron chi connectivity index (χ0n) is 27.3. The molecular weight excluding hydrogens is 786 g/mol. The minimum Gasteiger partial charge on any atom is -0.487 e. The lowest BCUT2D eigenvalue weighted by atomic mass is 9.91. The van der Waals surface area contributed by atoms with E-state index in [-0.39, 0.29) is 30.0 Å². The Hall–Kier alpha value is -4.65. The fraction of sp³-hybridized carbons (Fsp3) is 0.184. The van der Waals surface area contributed by atoms with Gasteiger partial charge in [0.05, 0.1) is 37.8 Å². The molecule has 12 heteroatoms. The Kier molecular flexibility index (Phi) is 10.6. The number of nitro benzene ring substituents is 1. The number of hydrogen-bond acceptors (Lipinski definition) is 8. The smallest absolute Gasteiger partial charge is 0.338 e. The molecular formula is C38H31Br2N3O6S. The molecule has 0 fully saturated rings. The molecule has 0 bridgehead atoms. The third kappa shape index (κ3) is 7.28. The van der Waals surface area contributed by atoms with Crippen LogP contribution in [0.2, 0.25) is 0 Å². The van der Waals surface area contributed by atoms with E-state index < -0.39 is 16.9 Å². The quantitative estimate of drug-likeness (QED) is 0.0801. The van der Waals surface area contributed by atoms with Crippen LogP contribution in [-0.2, 0) is 16.1 Å². The minimum absolute atomic E-state index is 0.00894. The van der Waals surface area contributed by atoms with Crippen LogP contribution < -0.4 is 19.6 Å². The predicted octanol–water partition coefficient (Wildman–Crippen LogP) is 8.07. The van der Waals surface area contributed by atoms with Gasteiger partial charge in [-0.1, -0.05) is 95.7 Å². The fourth-order valence-electron chi connectivity index (χ4n) is 5.67. The Bertz CT molecular complexity index is 2300. The molecule has 0 amide bonds. The lowest BCUT2D eigenvalue weighted by Gasteiger charge is -2.26. The second kappa shape index (κ2) is 15.1. The average Bonchev–Trinajstić information content (AvgIpc) is 3.41. The first-order valence-electron chi connectivity index (χ1n) is 15.8. The normalized spacial score (nSPS) is 14.4. The van der Waals surface area contributed by atoms with Crippen LogP contribution in [0.3, 0.4) is 0 Å². The van der Waals surface area contributed by atoms with Gasteiger partial charge in [-0.05, 0) is 75.8 Å². The molecule has 4 aromatic carbocycles. The van der Waals surface area contributed by atoms with Crippen molar-refractivity contribution in [2.75, 3.05) is 6.61 Å². The van der Waals surface area contributed by atoms with E-state index in [1.165, 1.54) is 23.5 Å². The fourth-order valence-corrected chi connectivity index (χ4v) is 8.03. The Balaban J connectivity index is 1.52. The molecule has 0 unspecified atom stereocenters. The van der Waals surface area contributed by atoms with E-state index in [2.05, 4.69) is 45.7 Å². The zero-order valence-corrected chi connectivity index (χ0v) is 31.3. The maximum absolute atomic E-state index is 14.5. The Morgan fingerprint density at radius 1 is 1.04 bits per heavy atom. The number of carbonyl (C=O) groups is 1. The van der Waals surface area contributed by atoms with Crippen LogP contribution in [0.15, 0.2) is 115 Å². The van der Waals surface area contributed by atoms with Crippen LogP contribution >= 0.6 is 43.2 Å². The summed E-state index contributed by atoms with van der Waals surface area (Å²) in [5, 5.41) is 11.1. The van der Waals surface area contributed by atoms with Gasteiger partial charge in [0.15, 0.2) is 4.80 Å². The van der Waals surface area contributed by atoms with Gasteiger partial charge in [0, 0.05) is 27.7 Å². The number of ether oxygens (including phenoxy) is 2. The van der Waals surface area contributed by atoms with Crippen molar-refractivity contribution in [3.8, 4) is 5.75 Å². The predicted molar refractivity (Wildman–Crippen MR) is 201 cm³/mol. The number of non-ortho nitro benzene ring substituents is 1. The van der Waals surface area contributed by atoms with E-state index in [9.17, 15) is 19.7 Å². The maximum Gasteiger partial charge on any atom is 0.338 e. The van der Waals surface area contributed by atoms with Crippen molar-refractivity contribution in [3.63, 3.8) is 0 Å². The van der Waals surface area contributed by atoms with Gasteiger partial charge >= 0.3 is 5.97 Å². The first-order valence-corrected chi connectivity index (χ1v) is 18.2. The summed E-state index contributed by atoms with van der Waals surface area (Å²) in [6, 6.07) is 26.4. The summed E-state index contributed by atoms with van der Waals surface area (Å²) in [4.78, 5) is 44.3. The van der Waals surface area contributed by atoms with Gasteiger partial charge in [0.2, 0.25) is 0 Å². The molecule has 0 N–H and O–H groups in total. The molecule has 0 radical (unpaired) electrons. The number of rotatable bonds is 10. The van der Waals surface area contributed by atoms with Crippen LogP contribution in [0.25, 0.3) is 11.8 Å². The summed E-state index contributed by atoms with van der Waals surface area (Å²) in [5.74, 6) is 0.239. The summed E-state index contributed by atoms with van der Waals surface area (Å²) in [5.41, 5.74) is 4.37. The first-order chi connectivity index (χ1) is 24.0. The lowest BCUT2D eigenvalue weighted by molar-refractivity contribution is -0.384. The molecule has 5 aromatic rings. The van der Waals surface area contributed by atoms with Gasteiger partial charge in [-0.2, -0.15) is 0 Å². The van der Waals surface area contributed by atoms with Crippen LogP contribution in [-0.4, -0.2) is 22.1 Å². The van der Waals surface area contributed by atoms with E-state index in [1.807, 2.05) is 66.7 Å². The molecule has 1 atom stereocenters. The third-order valence-corrected chi connectivity index (χ3v) is 10.2. The van der Waals surface area contributed by atoms with Gasteiger partial charge in [0.1, 0.15) is 12.4 Å². The molecule has 2 heterocycles. The Morgan fingerprint density at radius 2 is 1.74 bits per heavy atom. The summed E-state index contributed by atoms with van der Waals surface area (Å²) in [6.45, 7) is 6.27. The van der Waals surface area contributed by atoms with Gasteiger partial charge in [0.25, 0.3) is 11.2 Å². The number of thiazole rings is 1. The summed E-state index contributed by atoms with van der Waals surface area (Å²) < 4.78 is 15.2. The van der Waals surface area contributed by atoms with Gasteiger partial charge < -0.3 is 9.47 Å². The summed E-state index contributed by atoms with van der Waals surface area (Å²) >= 11 is 8.37. The average molecular weight is 818 g/mol. The van der Waals surface area contributed by atoms with Crippen molar-refractivity contribution >= 4 is 66.6 Å². The largest absolute Gasteiger partial charge is 0.487 e. The van der Waals surface area contributed by atoms with Crippen molar-refractivity contribution in [1.29, 1.82) is 0 Å². The molecule has 9 nitrogen and oxygen atoms in total. The number of carbonyl (C=O) groups excluding carboxylic acids is 1. The highest BCUT2D eigenvalue weighted by molar-refractivity contribution is 9.11. The molecule has 1 aliphatic rings. The molecule has 254 valence electrons. The summed E-state index contributed by atoms with van der Waals surface area (Å²) in [7, 11) is 0. The van der Waals surface area contributed by atoms with E-state index in [1.54, 1.807) is 29.7 Å². The highest BCUT2D eigenvalue weighted by Gasteiger charge is 2.35. The van der Waals surface area contributed by atoms with Crippen LogP contribution in [0.5, 0.6) is 5.75 Å². The third-order valence-electron chi connectivity index (χ3n) is 8.15. The van der Waals surface area contributed by atoms with Crippen molar-refractivity contribution in [2.45, 2.75) is 39.3 Å². The molecule has 0 saturated carbocycles. The number of hydrogen-bond donors (Lipinski definition) is 0. The number of fused-ring (bicyclic) bond motifs is 1. The monoisotopic (exact) mass is 815 g/mol. The topological polar surface area (TPSA) is 113 Å². The molecule has 6 rings (SSSR count). The SMILES string of the molecule is CCOC(=O)C1=C(c2ccccc2)N=c2s/c(=C\c3cc(Br)cc(Br)c3OCc3ccc([N+](=O)[O-])cc3)c(=O)n2[C@H]1c1ccc(C(C)C)cc1. The van der Waals surface area contributed by atoms with E-state index >= 15 is 0 Å². The molecule has 1 aliphatic heterocycles. The van der Waals surface area contributed by atoms with Crippen LogP contribution in [0, 0.1) is 10.1 Å². The van der Waals surface area contributed by atoms with Gasteiger partial charge in [-0.15, -0.1) is 0 Å². The minimum atomic E-state index is -0.795. The number of nitro groups is 1. The number of aromatic nitrogens is 1. The van der Waals surface area contributed by atoms with E-state index in [0.717, 1.165) is 26.7 Å².